The van der Waals surface area contributed by atoms with Gasteiger partial charge in [-0.15, -0.1) is 0 Å². The van der Waals surface area contributed by atoms with Crippen LogP contribution in [0.15, 0.2) is 18.2 Å². The predicted molar refractivity (Wildman–Crippen MR) is 94.4 cm³/mol. The zero-order valence-corrected chi connectivity index (χ0v) is 14.9. The maximum absolute atomic E-state index is 12.1. The molecule has 7 heteroatoms. The number of nitrogens with one attached hydrogen (secondary N) is 2. The minimum atomic E-state index is -0.259. The van der Waals surface area contributed by atoms with Crippen LogP contribution in [0.1, 0.15) is 25.3 Å². The van der Waals surface area contributed by atoms with Gasteiger partial charge in [0.2, 0.25) is 5.91 Å². The molecule has 0 atom stereocenters. The van der Waals surface area contributed by atoms with Gasteiger partial charge in [0.1, 0.15) is 0 Å². The fourth-order valence-corrected chi connectivity index (χ4v) is 2.81. The van der Waals surface area contributed by atoms with Crippen molar-refractivity contribution < 1.29 is 14.3 Å². The molecule has 2 amide bonds. The molecule has 1 aliphatic heterocycles. The fourth-order valence-electron chi connectivity index (χ4n) is 2.64. The summed E-state index contributed by atoms with van der Waals surface area (Å²) in [6.45, 7) is 5.63. The first-order valence-corrected chi connectivity index (χ1v) is 8.58. The van der Waals surface area contributed by atoms with E-state index in [2.05, 4.69) is 10.6 Å². The van der Waals surface area contributed by atoms with Gasteiger partial charge in [0.15, 0.2) is 0 Å². The first-order valence-electron chi connectivity index (χ1n) is 8.20. The number of carbonyl (C=O) groups excluding carboxylic acids is 2. The summed E-state index contributed by atoms with van der Waals surface area (Å²) < 4.78 is 4.99. The average Bonchev–Trinajstić information content (AvgIpc) is 2.57. The SMILES string of the molecule is CCOC(=O)N1CCC(NCC(=O)Nc2cc(Cl)ccc2C)CC1. The van der Waals surface area contributed by atoms with E-state index in [-0.39, 0.29) is 24.6 Å². The van der Waals surface area contributed by atoms with E-state index in [1.54, 1.807) is 24.0 Å². The Morgan fingerprint density at radius 1 is 1.33 bits per heavy atom. The topological polar surface area (TPSA) is 70.7 Å². The molecule has 24 heavy (non-hydrogen) atoms. The van der Waals surface area contributed by atoms with Crippen molar-refractivity contribution in [1.29, 1.82) is 0 Å². The first kappa shape index (κ1) is 18.5. The second kappa shape index (κ2) is 8.89. The number of anilines is 1. The summed E-state index contributed by atoms with van der Waals surface area (Å²) >= 11 is 5.95. The molecular weight excluding hydrogens is 330 g/mol. The molecule has 2 rings (SSSR count). The molecule has 0 spiro atoms. The van der Waals surface area contributed by atoms with Crippen LogP contribution in [0.2, 0.25) is 5.02 Å². The van der Waals surface area contributed by atoms with E-state index >= 15 is 0 Å². The smallest absolute Gasteiger partial charge is 0.409 e. The summed E-state index contributed by atoms with van der Waals surface area (Å²) in [5.41, 5.74) is 1.70. The molecule has 1 aromatic rings. The van der Waals surface area contributed by atoms with Crippen LogP contribution in [0.3, 0.4) is 0 Å². The Labute approximate surface area is 147 Å². The van der Waals surface area contributed by atoms with Crippen molar-refractivity contribution in [3.63, 3.8) is 0 Å². The molecule has 0 bridgehead atoms. The lowest BCUT2D eigenvalue weighted by atomic mass is 10.1. The summed E-state index contributed by atoms with van der Waals surface area (Å²) in [7, 11) is 0. The standard InChI is InChI=1S/C17H24ClN3O3/c1-3-24-17(23)21-8-6-14(7-9-21)19-11-16(22)20-15-10-13(18)5-4-12(15)2/h4-5,10,14,19H,3,6-9,11H2,1-2H3,(H,20,22). The van der Waals surface area contributed by atoms with Gasteiger partial charge < -0.3 is 20.3 Å². The summed E-state index contributed by atoms with van der Waals surface area (Å²) in [5.74, 6) is -0.104. The largest absolute Gasteiger partial charge is 0.450 e. The van der Waals surface area contributed by atoms with Crippen LogP contribution in [0.4, 0.5) is 10.5 Å². The van der Waals surface area contributed by atoms with Crippen LogP contribution in [0, 0.1) is 6.92 Å². The number of hydrogen-bond donors (Lipinski definition) is 2. The Morgan fingerprint density at radius 3 is 2.71 bits per heavy atom. The van der Waals surface area contributed by atoms with Crippen LogP contribution < -0.4 is 10.6 Å². The number of benzene rings is 1. The first-order chi connectivity index (χ1) is 11.5. The van der Waals surface area contributed by atoms with E-state index in [1.807, 2.05) is 13.0 Å². The van der Waals surface area contributed by atoms with Crippen LogP contribution in [0.5, 0.6) is 0 Å². The number of hydrogen-bond acceptors (Lipinski definition) is 4. The Morgan fingerprint density at radius 2 is 2.04 bits per heavy atom. The quantitative estimate of drug-likeness (QED) is 0.854. The van der Waals surface area contributed by atoms with Crippen LogP contribution in [0.25, 0.3) is 0 Å². The molecular formula is C17H24ClN3O3. The Bertz CT molecular complexity index is 586. The van der Waals surface area contributed by atoms with E-state index < -0.39 is 0 Å². The van der Waals surface area contributed by atoms with Gasteiger partial charge in [-0.25, -0.2) is 4.79 Å². The zero-order chi connectivity index (χ0) is 17.5. The number of amides is 2. The van der Waals surface area contributed by atoms with Gasteiger partial charge in [-0.1, -0.05) is 17.7 Å². The molecule has 1 heterocycles. The summed E-state index contributed by atoms with van der Waals surface area (Å²) in [6.07, 6.45) is 1.36. The van der Waals surface area contributed by atoms with Crippen molar-refractivity contribution in [2.75, 3.05) is 31.6 Å². The molecule has 132 valence electrons. The van der Waals surface area contributed by atoms with Gasteiger partial charge in [0.05, 0.1) is 13.2 Å². The maximum Gasteiger partial charge on any atom is 0.409 e. The molecule has 1 aromatic carbocycles. The van der Waals surface area contributed by atoms with Gasteiger partial charge in [0, 0.05) is 29.8 Å². The molecule has 1 saturated heterocycles. The van der Waals surface area contributed by atoms with Crippen molar-refractivity contribution in [3.05, 3.63) is 28.8 Å². The van der Waals surface area contributed by atoms with Crippen molar-refractivity contribution in [3.8, 4) is 0 Å². The molecule has 0 aromatic heterocycles. The number of rotatable bonds is 5. The zero-order valence-electron chi connectivity index (χ0n) is 14.1. The second-order valence-electron chi connectivity index (χ2n) is 5.85. The number of likely N-dealkylation sites (tertiary alicyclic amines) is 1. The van der Waals surface area contributed by atoms with Gasteiger partial charge in [0.25, 0.3) is 0 Å². The number of carbonyl (C=O) groups is 2. The van der Waals surface area contributed by atoms with Gasteiger partial charge in [-0.2, -0.15) is 0 Å². The Kier molecular flexibility index (Phi) is 6.87. The van der Waals surface area contributed by atoms with E-state index in [0.717, 1.165) is 24.1 Å². The van der Waals surface area contributed by atoms with Crippen molar-refractivity contribution in [2.24, 2.45) is 0 Å². The third-order valence-electron chi connectivity index (χ3n) is 4.05. The van der Waals surface area contributed by atoms with Crippen molar-refractivity contribution >= 4 is 29.3 Å². The molecule has 2 N–H and O–H groups in total. The molecule has 1 fully saturated rings. The number of halogens is 1. The summed E-state index contributed by atoms with van der Waals surface area (Å²) in [6, 6.07) is 5.63. The molecule has 6 nitrogen and oxygen atoms in total. The van der Waals surface area contributed by atoms with Gasteiger partial charge in [-0.3, -0.25) is 4.79 Å². The van der Waals surface area contributed by atoms with E-state index in [0.29, 0.717) is 24.7 Å². The molecule has 1 aliphatic rings. The van der Waals surface area contributed by atoms with Gasteiger partial charge >= 0.3 is 6.09 Å². The third-order valence-corrected chi connectivity index (χ3v) is 4.28. The lowest BCUT2D eigenvalue weighted by molar-refractivity contribution is -0.115. The van der Waals surface area contributed by atoms with E-state index in [4.69, 9.17) is 16.3 Å². The Balaban J connectivity index is 1.73. The average molecular weight is 354 g/mol. The van der Waals surface area contributed by atoms with Crippen molar-refractivity contribution in [2.45, 2.75) is 32.7 Å². The monoisotopic (exact) mass is 353 g/mol. The van der Waals surface area contributed by atoms with Crippen LogP contribution in [-0.4, -0.2) is 49.2 Å². The summed E-state index contributed by atoms with van der Waals surface area (Å²) in [4.78, 5) is 25.4. The normalized spacial score (nSPS) is 15.2. The van der Waals surface area contributed by atoms with Gasteiger partial charge in [-0.05, 0) is 44.4 Å². The second-order valence-corrected chi connectivity index (χ2v) is 6.28. The lowest BCUT2D eigenvalue weighted by Gasteiger charge is -2.31. The highest BCUT2D eigenvalue weighted by Gasteiger charge is 2.23. The third kappa shape index (κ3) is 5.39. The molecule has 0 unspecified atom stereocenters. The summed E-state index contributed by atoms with van der Waals surface area (Å²) in [5, 5.41) is 6.70. The Hall–Kier alpha value is -1.79. The predicted octanol–water partition coefficient (Wildman–Crippen LogP) is 2.80. The molecule has 0 radical (unpaired) electrons. The molecule has 0 saturated carbocycles. The van der Waals surface area contributed by atoms with Crippen molar-refractivity contribution in [1.82, 2.24) is 10.2 Å². The van der Waals surface area contributed by atoms with E-state index in [9.17, 15) is 9.59 Å². The number of ether oxygens (including phenoxy) is 1. The maximum atomic E-state index is 12.1. The van der Waals surface area contributed by atoms with Crippen LogP contribution in [-0.2, 0) is 9.53 Å². The van der Waals surface area contributed by atoms with E-state index in [1.165, 1.54) is 0 Å². The minimum Gasteiger partial charge on any atom is -0.450 e. The number of nitrogens with zero attached hydrogens (tertiary/aromatic N) is 1. The highest BCUT2D eigenvalue weighted by Crippen LogP contribution is 2.20. The minimum absolute atomic E-state index is 0.104. The highest BCUT2D eigenvalue weighted by molar-refractivity contribution is 6.31. The number of piperidine rings is 1. The lowest BCUT2D eigenvalue weighted by Crippen LogP contribution is -2.46. The fraction of sp³-hybridized carbons (Fsp3) is 0.529. The molecule has 0 aliphatic carbocycles. The van der Waals surface area contributed by atoms with Crippen LogP contribution >= 0.6 is 11.6 Å². The number of aryl methyl sites for hydroxylation is 1. The highest BCUT2D eigenvalue weighted by atomic mass is 35.5.